The van der Waals surface area contributed by atoms with E-state index in [1.165, 1.54) is 70.6 Å². The van der Waals surface area contributed by atoms with Gasteiger partial charge >= 0.3 is 5.97 Å². The largest absolute Gasteiger partial charge is 0.460 e. The van der Waals surface area contributed by atoms with Crippen LogP contribution in [0.15, 0.2) is 0 Å². The van der Waals surface area contributed by atoms with Crippen molar-refractivity contribution in [2.75, 3.05) is 0 Å². The summed E-state index contributed by atoms with van der Waals surface area (Å²) in [6, 6.07) is 0. The summed E-state index contributed by atoms with van der Waals surface area (Å²) in [5, 5.41) is 10.1. The third-order valence-electron chi connectivity index (χ3n) is 18.7. The lowest BCUT2D eigenvalue weighted by atomic mass is 9.44. The number of carbonyl (C=O) groups excluding carboxylic acids is 3. The van der Waals surface area contributed by atoms with E-state index in [0.29, 0.717) is 40.2 Å². The topological polar surface area (TPSA) is 80.7 Å². The van der Waals surface area contributed by atoms with Crippen LogP contribution < -0.4 is 0 Å². The number of alkyl halides is 2. The molecule has 0 heterocycles. The van der Waals surface area contributed by atoms with Gasteiger partial charge in [0.2, 0.25) is 4.84 Å². The first-order chi connectivity index (χ1) is 24.0. The number of aliphatic hydroxyl groups excluding tert-OH is 1. The summed E-state index contributed by atoms with van der Waals surface area (Å²) in [5.74, 6) is 6.98. The lowest BCUT2D eigenvalue weighted by Crippen LogP contribution is -2.54. The molecule has 6 unspecified atom stereocenters. The zero-order chi connectivity index (χ0) is 36.7. The highest BCUT2D eigenvalue weighted by molar-refractivity contribution is 6.52. The van der Waals surface area contributed by atoms with Crippen molar-refractivity contribution >= 4 is 40.7 Å². The molecule has 0 aliphatic heterocycles. The Morgan fingerprint density at radius 2 is 1.00 bits per heavy atom. The van der Waals surface area contributed by atoms with E-state index in [1.54, 1.807) is 6.92 Å². The second-order valence-electron chi connectivity index (χ2n) is 20.4. The van der Waals surface area contributed by atoms with Crippen molar-refractivity contribution in [1.82, 2.24) is 0 Å². The molecule has 8 aliphatic rings. The van der Waals surface area contributed by atoms with Crippen LogP contribution in [-0.2, 0) is 19.1 Å². The molecule has 0 aromatic carbocycles. The highest BCUT2D eigenvalue weighted by Crippen LogP contribution is 2.69. The van der Waals surface area contributed by atoms with Gasteiger partial charge in [-0.05, 0) is 198 Å². The van der Waals surface area contributed by atoms with Crippen LogP contribution in [0.2, 0.25) is 0 Å². The van der Waals surface area contributed by atoms with Gasteiger partial charge in [0.05, 0.1) is 6.10 Å². The van der Waals surface area contributed by atoms with Gasteiger partial charge in [-0.2, -0.15) is 0 Å². The Balaban J connectivity index is 0.000000162. The number of esters is 1. The molecule has 8 fully saturated rings. The lowest BCUT2D eigenvalue weighted by molar-refractivity contribution is -0.161. The third-order valence-corrected chi connectivity index (χ3v) is 19.1. The minimum Gasteiger partial charge on any atom is -0.460 e. The number of fused-ring (bicyclic) bond motifs is 10. The molecule has 8 aliphatic carbocycles. The molecule has 1 N–H and O–H groups in total. The minimum absolute atomic E-state index is 0.0374. The van der Waals surface area contributed by atoms with Gasteiger partial charge in [-0.15, -0.1) is 0 Å². The Morgan fingerprint density at radius 3 is 1.47 bits per heavy atom. The quantitative estimate of drug-likeness (QED) is 0.229. The van der Waals surface area contributed by atoms with Crippen molar-refractivity contribution in [2.24, 2.45) is 80.8 Å². The van der Waals surface area contributed by atoms with Gasteiger partial charge in [0.15, 0.2) is 0 Å². The molecular formula is C44H68Cl2O5. The van der Waals surface area contributed by atoms with E-state index in [4.69, 9.17) is 27.9 Å². The molecule has 0 saturated heterocycles. The Kier molecular flexibility index (Phi) is 10.7. The van der Waals surface area contributed by atoms with Gasteiger partial charge in [0.25, 0.3) is 0 Å². The van der Waals surface area contributed by atoms with E-state index in [9.17, 15) is 19.5 Å². The SMILES string of the molecule is CC(=O)[C@H]1CCC2C3CC[C@H]4C[C@@H](O)CC[C@]4(C)C3CC[C@@]21C.CC(=O)[C@H]1CCC2C3CC[C@H]4C[C@H](OC(=O)C(Cl)Cl)CC[C@]4(C)C3CC[C@@]21C. The van der Waals surface area contributed by atoms with Crippen LogP contribution in [0.25, 0.3) is 0 Å². The van der Waals surface area contributed by atoms with Gasteiger partial charge in [0.1, 0.15) is 17.7 Å². The Hall–Kier alpha value is -0.650. The Bertz CT molecular complexity index is 1350. The zero-order valence-corrected chi connectivity index (χ0v) is 34.1. The van der Waals surface area contributed by atoms with Crippen molar-refractivity contribution in [3.63, 3.8) is 0 Å². The van der Waals surface area contributed by atoms with E-state index in [0.717, 1.165) is 80.5 Å². The number of rotatable bonds is 4. The highest BCUT2D eigenvalue weighted by Gasteiger charge is 2.62. The van der Waals surface area contributed by atoms with E-state index in [1.807, 2.05) is 6.92 Å². The van der Waals surface area contributed by atoms with E-state index in [-0.39, 0.29) is 29.0 Å². The van der Waals surface area contributed by atoms with Crippen molar-refractivity contribution in [3.05, 3.63) is 0 Å². The van der Waals surface area contributed by atoms with Crippen molar-refractivity contribution in [3.8, 4) is 0 Å². The minimum atomic E-state index is -1.09. The fraction of sp³-hybridized carbons (Fsp3) is 0.932. The average molecular weight is 748 g/mol. The van der Waals surface area contributed by atoms with Crippen molar-refractivity contribution < 1.29 is 24.2 Å². The summed E-state index contributed by atoms with van der Waals surface area (Å²) < 4.78 is 5.57. The number of carbonyl (C=O) groups is 3. The molecular weight excluding hydrogens is 679 g/mol. The van der Waals surface area contributed by atoms with Crippen LogP contribution in [0, 0.1) is 80.8 Å². The first-order valence-electron chi connectivity index (χ1n) is 21.2. The van der Waals surface area contributed by atoms with Gasteiger partial charge < -0.3 is 9.84 Å². The maximum Gasteiger partial charge on any atom is 0.339 e. The molecule has 8 rings (SSSR count). The Labute approximate surface area is 318 Å². The molecule has 0 aromatic rings. The molecule has 51 heavy (non-hydrogen) atoms. The molecule has 0 amide bonds. The molecule has 0 bridgehead atoms. The summed E-state index contributed by atoms with van der Waals surface area (Å²) >= 11 is 11.3. The monoisotopic (exact) mass is 746 g/mol. The molecule has 0 spiro atoms. The molecule has 8 saturated carbocycles. The maximum absolute atomic E-state index is 12.3. The summed E-state index contributed by atoms with van der Waals surface area (Å²) in [5.41, 5.74) is 1.30. The Morgan fingerprint density at radius 1 is 0.569 bits per heavy atom. The van der Waals surface area contributed by atoms with Gasteiger partial charge in [-0.1, -0.05) is 50.9 Å². The number of hydrogen-bond donors (Lipinski definition) is 1. The van der Waals surface area contributed by atoms with Crippen LogP contribution in [0.1, 0.15) is 157 Å². The predicted molar refractivity (Wildman–Crippen MR) is 203 cm³/mol. The van der Waals surface area contributed by atoms with Gasteiger partial charge in [0, 0.05) is 11.8 Å². The molecule has 0 radical (unpaired) electrons. The van der Waals surface area contributed by atoms with E-state index < -0.39 is 10.8 Å². The maximum atomic E-state index is 12.3. The first-order valence-corrected chi connectivity index (χ1v) is 22.1. The average Bonchev–Trinajstić information content (AvgIpc) is 3.62. The van der Waals surface area contributed by atoms with Gasteiger partial charge in [-0.3, -0.25) is 9.59 Å². The molecule has 7 heteroatoms. The van der Waals surface area contributed by atoms with Crippen LogP contribution in [-0.4, -0.2) is 39.7 Å². The van der Waals surface area contributed by atoms with Crippen LogP contribution >= 0.6 is 23.2 Å². The van der Waals surface area contributed by atoms with Gasteiger partial charge in [-0.25, -0.2) is 4.79 Å². The summed E-state index contributed by atoms with van der Waals surface area (Å²) in [4.78, 5) is 35.2. The zero-order valence-electron chi connectivity index (χ0n) is 32.6. The summed E-state index contributed by atoms with van der Waals surface area (Å²) in [6.07, 6.45) is 21.1. The van der Waals surface area contributed by atoms with Crippen LogP contribution in [0.4, 0.5) is 0 Å². The predicted octanol–water partition coefficient (Wildman–Crippen LogP) is 10.5. The lowest BCUT2D eigenvalue weighted by Gasteiger charge is -2.61. The number of ketones is 2. The third kappa shape index (κ3) is 6.41. The second kappa shape index (κ2) is 14.1. The molecule has 288 valence electrons. The normalized spacial score (nSPS) is 51.3. The van der Waals surface area contributed by atoms with Crippen molar-refractivity contribution in [1.29, 1.82) is 0 Å². The number of Topliss-reactive ketones (excluding diaryl/α,β-unsaturated/α-hetero) is 2. The molecule has 0 aromatic heterocycles. The molecule has 16 atom stereocenters. The fourth-order valence-electron chi connectivity index (χ4n) is 16.1. The standard InChI is InChI=1S/C23H34Cl2O3.C21H34O2/c1-13(26)17-6-7-18-16-5-4-14-12-15(28-21(27)20(24)25)8-10-22(14,2)19(16)9-11-23(17,18)3;1-13(22)17-6-7-18-16-5-4-14-12-15(23)8-10-20(14,2)19(16)9-11-21(17,18)3/h14-20H,4-12H2,1-3H3;14-19,23H,4-12H2,1-3H3/t14-,15+,16?,17+,18?,19?,22-,23+;14-,15-,16?,17+,18?,19?,20-,21+/m00/s1. The van der Waals surface area contributed by atoms with Crippen molar-refractivity contribution in [2.45, 2.75) is 174 Å². The number of halogens is 2. The summed E-state index contributed by atoms with van der Waals surface area (Å²) in [6.45, 7) is 13.5. The second-order valence-corrected chi connectivity index (χ2v) is 21.5. The van der Waals surface area contributed by atoms with E-state index >= 15 is 0 Å². The van der Waals surface area contributed by atoms with E-state index in [2.05, 4.69) is 27.7 Å². The highest BCUT2D eigenvalue weighted by atomic mass is 35.5. The number of hydrogen-bond acceptors (Lipinski definition) is 5. The number of ether oxygens (including phenoxy) is 1. The van der Waals surface area contributed by atoms with Crippen LogP contribution in [0.5, 0.6) is 0 Å². The first kappa shape index (κ1) is 38.6. The smallest absolute Gasteiger partial charge is 0.339 e. The fourth-order valence-corrected chi connectivity index (χ4v) is 16.2. The van der Waals surface area contributed by atoms with Crippen LogP contribution in [0.3, 0.4) is 0 Å². The summed E-state index contributed by atoms with van der Waals surface area (Å²) in [7, 11) is 0. The number of aliphatic hydroxyl groups is 1. The molecule has 5 nitrogen and oxygen atoms in total.